The first-order valence-electron chi connectivity index (χ1n) is 6.93. The lowest BCUT2D eigenvalue weighted by atomic mass is 10.1. The third-order valence-electron chi connectivity index (χ3n) is 3.39. The third kappa shape index (κ3) is 3.55. The molecule has 0 saturated heterocycles. The summed E-state index contributed by atoms with van der Waals surface area (Å²) in [5.74, 6) is 0. The molecule has 0 aliphatic carbocycles. The van der Waals surface area contributed by atoms with E-state index in [4.69, 9.17) is 4.74 Å². The minimum absolute atomic E-state index is 0.777. The van der Waals surface area contributed by atoms with E-state index in [1.54, 1.807) is 0 Å². The molecule has 1 aromatic heterocycles. The molecule has 0 fully saturated rings. The van der Waals surface area contributed by atoms with Gasteiger partial charge in [0.15, 0.2) is 0 Å². The molecule has 0 radical (unpaired) electrons. The highest BCUT2D eigenvalue weighted by Crippen LogP contribution is 2.17. The van der Waals surface area contributed by atoms with Crippen LogP contribution >= 0.6 is 0 Å². The topological polar surface area (TPSA) is 39.1 Å². The summed E-state index contributed by atoms with van der Waals surface area (Å²) in [5.41, 5.74) is 4.92. The molecule has 0 bridgehead atoms. The molecule has 19 heavy (non-hydrogen) atoms. The number of hydrogen-bond donors (Lipinski definition) is 1. The van der Waals surface area contributed by atoms with Crippen LogP contribution in [0.4, 0.5) is 0 Å². The molecule has 0 atom stereocenters. The molecule has 0 aliphatic rings. The van der Waals surface area contributed by atoms with Gasteiger partial charge in [-0.25, -0.2) is 4.98 Å². The average Bonchev–Trinajstić information content (AvgIpc) is 2.77. The lowest BCUT2D eigenvalue weighted by Gasteiger charge is -2.07. The smallest absolute Gasteiger partial charge is 0.0958 e. The van der Waals surface area contributed by atoms with Gasteiger partial charge in [-0.3, -0.25) is 0 Å². The van der Waals surface area contributed by atoms with Gasteiger partial charge < -0.3 is 14.6 Å². The van der Waals surface area contributed by atoms with Crippen LogP contribution in [-0.4, -0.2) is 35.9 Å². The Bertz CT molecular complexity index is 533. The van der Waals surface area contributed by atoms with Crippen LogP contribution in [0.15, 0.2) is 18.5 Å². The molecular weight excluding hydrogens is 238 g/mol. The number of imidazole rings is 1. The van der Waals surface area contributed by atoms with E-state index < -0.39 is 0 Å². The number of ether oxygens (including phenoxy) is 1. The largest absolute Gasteiger partial charge is 0.380 e. The number of fused-ring (bicyclic) bond motifs is 1. The van der Waals surface area contributed by atoms with Crippen molar-refractivity contribution in [2.24, 2.45) is 0 Å². The Morgan fingerprint density at radius 2 is 2.00 bits per heavy atom. The van der Waals surface area contributed by atoms with Crippen molar-refractivity contribution in [1.29, 1.82) is 0 Å². The maximum atomic E-state index is 5.29. The van der Waals surface area contributed by atoms with Crippen LogP contribution in [0.3, 0.4) is 0 Å². The zero-order chi connectivity index (χ0) is 13.7. The van der Waals surface area contributed by atoms with E-state index in [0.717, 1.165) is 38.4 Å². The minimum atomic E-state index is 0.777. The van der Waals surface area contributed by atoms with Crippen LogP contribution in [0.2, 0.25) is 0 Å². The van der Waals surface area contributed by atoms with E-state index in [-0.39, 0.29) is 0 Å². The molecule has 0 amide bonds. The molecule has 2 rings (SSSR count). The van der Waals surface area contributed by atoms with Gasteiger partial charge in [0, 0.05) is 26.2 Å². The van der Waals surface area contributed by atoms with E-state index in [1.807, 2.05) is 13.3 Å². The Labute approximate surface area is 114 Å². The SMILES string of the molecule is CCOCCNCCn1cnc2cc(C)c(C)cc21. The molecule has 1 N–H and O–H groups in total. The molecule has 0 spiro atoms. The van der Waals surface area contributed by atoms with Gasteiger partial charge in [0.2, 0.25) is 0 Å². The van der Waals surface area contributed by atoms with Crippen LogP contribution in [0.25, 0.3) is 11.0 Å². The fraction of sp³-hybridized carbons (Fsp3) is 0.533. The van der Waals surface area contributed by atoms with Crippen LogP contribution in [0, 0.1) is 13.8 Å². The number of nitrogens with one attached hydrogen (secondary N) is 1. The molecule has 2 aromatic rings. The monoisotopic (exact) mass is 261 g/mol. The van der Waals surface area contributed by atoms with E-state index in [0.29, 0.717) is 0 Å². The quantitative estimate of drug-likeness (QED) is 0.777. The second kappa shape index (κ2) is 6.68. The van der Waals surface area contributed by atoms with Gasteiger partial charge in [-0.05, 0) is 44.0 Å². The van der Waals surface area contributed by atoms with Crippen LogP contribution < -0.4 is 5.32 Å². The summed E-state index contributed by atoms with van der Waals surface area (Å²) in [6.45, 7) is 10.6. The fourth-order valence-corrected chi connectivity index (χ4v) is 2.10. The number of benzene rings is 1. The Kier molecular flexibility index (Phi) is 4.93. The third-order valence-corrected chi connectivity index (χ3v) is 3.39. The Balaban J connectivity index is 1.92. The van der Waals surface area contributed by atoms with E-state index in [2.05, 4.69) is 40.8 Å². The Morgan fingerprint density at radius 3 is 2.79 bits per heavy atom. The Morgan fingerprint density at radius 1 is 1.21 bits per heavy atom. The van der Waals surface area contributed by atoms with Crippen molar-refractivity contribution < 1.29 is 4.74 Å². The second-order valence-electron chi connectivity index (χ2n) is 4.81. The zero-order valence-electron chi connectivity index (χ0n) is 12.1. The first-order chi connectivity index (χ1) is 9.22. The van der Waals surface area contributed by atoms with Gasteiger partial charge in [0.1, 0.15) is 0 Å². The number of nitrogens with zero attached hydrogens (tertiary/aromatic N) is 2. The summed E-state index contributed by atoms with van der Waals surface area (Å²) < 4.78 is 7.49. The van der Waals surface area contributed by atoms with Crippen molar-refractivity contribution in [2.75, 3.05) is 26.3 Å². The number of rotatable bonds is 7. The van der Waals surface area contributed by atoms with E-state index in [1.165, 1.54) is 16.6 Å². The summed E-state index contributed by atoms with van der Waals surface area (Å²) in [5, 5.41) is 3.38. The van der Waals surface area contributed by atoms with Crippen molar-refractivity contribution in [3.05, 3.63) is 29.6 Å². The van der Waals surface area contributed by atoms with Gasteiger partial charge in [-0.15, -0.1) is 0 Å². The first kappa shape index (κ1) is 14.0. The number of aryl methyl sites for hydroxylation is 2. The number of aromatic nitrogens is 2. The molecular formula is C15H23N3O. The highest BCUT2D eigenvalue weighted by Gasteiger charge is 2.04. The summed E-state index contributed by atoms with van der Waals surface area (Å²) >= 11 is 0. The zero-order valence-corrected chi connectivity index (χ0v) is 12.1. The molecule has 1 heterocycles. The molecule has 0 unspecified atom stereocenters. The predicted octanol–water partition coefficient (Wildman–Crippen LogP) is 2.28. The van der Waals surface area contributed by atoms with Crippen molar-refractivity contribution in [3.8, 4) is 0 Å². The fourth-order valence-electron chi connectivity index (χ4n) is 2.10. The maximum Gasteiger partial charge on any atom is 0.0958 e. The summed E-state index contributed by atoms with van der Waals surface area (Å²) in [6, 6.07) is 4.38. The van der Waals surface area contributed by atoms with E-state index in [9.17, 15) is 0 Å². The highest BCUT2D eigenvalue weighted by atomic mass is 16.5. The van der Waals surface area contributed by atoms with Gasteiger partial charge in [0.05, 0.1) is 24.0 Å². The molecule has 4 nitrogen and oxygen atoms in total. The Hall–Kier alpha value is -1.39. The summed E-state index contributed by atoms with van der Waals surface area (Å²) in [6.07, 6.45) is 1.92. The molecule has 4 heteroatoms. The first-order valence-corrected chi connectivity index (χ1v) is 6.93. The highest BCUT2D eigenvalue weighted by molar-refractivity contribution is 5.77. The molecule has 1 aromatic carbocycles. The van der Waals surface area contributed by atoms with Gasteiger partial charge in [-0.1, -0.05) is 0 Å². The maximum absolute atomic E-state index is 5.29. The summed E-state index contributed by atoms with van der Waals surface area (Å²) in [7, 11) is 0. The van der Waals surface area contributed by atoms with Crippen LogP contribution in [0.5, 0.6) is 0 Å². The van der Waals surface area contributed by atoms with Crippen molar-refractivity contribution in [1.82, 2.24) is 14.9 Å². The normalized spacial score (nSPS) is 11.3. The summed E-state index contributed by atoms with van der Waals surface area (Å²) in [4.78, 5) is 4.46. The van der Waals surface area contributed by atoms with Gasteiger partial charge >= 0.3 is 0 Å². The van der Waals surface area contributed by atoms with Crippen molar-refractivity contribution in [3.63, 3.8) is 0 Å². The van der Waals surface area contributed by atoms with Crippen molar-refractivity contribution in [2.45, 2.75) is 27.3 Å². The average molecular weight is 261 g/mol. The lowest BCUT2D eigenvalue weighted by Crippen LogP contribution is -2.23. The van der Waals surface area contributed by atoms with Crippen LogP contribution in [0.1, 0.15) is 18.1 Å². The van der Waals surface area contributed by atoms with E-state index >= 15 is 0 Å². The second-order valence-corrected chi connectivity index (χ2v) is 4.81. The molecule has 0 aliphatic heterocycles. The minimum Gasteiger partial charge on any atom is -0.380 e. The van der Waals surface area contributed by atoms with Gasteiger partial charge in [-0.2, -0.15) is 0 Å². The predicted molar refractivity (Wildman–Crippen MR) is 78.6 cm³/mol. The van der Waals surface area contributed by atoms with Crippen LogP contribution in [-0.2, 0) is 11.3 Å². The van der Waals surface area contributed by atoms with Gasteiger partial charge in [0.25, 0.3) is 0 Å². The lowest BCUT2D eigenvalue weighted by molar-refractivity contribution is 0.149. The molecule has 0 saturated carbocycles. The number of hydrogen-bond acceptors (Lipinski definition) is 3. The molecule has 104 valence electrons. The van der Waals surface area contributed by atoms with Crippen molar-refractivity contribution >= 4 is 11.0 Å². The standard InChI is InChI=1S/C15H23N3O/c1-4-19-8-6-16-5-7-18-11-17-14-9-12(2)13(3)10-15(14)18/h9-11,16H,4-8H2,1-3H3.